The predicted octanol–water partition coefficient (Wildman–Crippen LogP) is 7.65. The molecule has 4 aromatic carbocycles. The summed E-state index contributed by atoms with van der Waals surface area (Å²) in [4.78, 5) is 0. The second-order valence-electron chi connectivity index (χ2n) is 10.1. The van der Waals surface area contributed by atoms with Crippen LogP contribution in [0.3, 0.4) is 0 Å². The number of aryl methyl sites for hydroxylation is 8. The van der Waals surface area contributed by atoms with E-state index >= 15 is 0 Å². The standard InChI is InChI=1S/C34H38Ge/c1-9-27-13-11-14-28(10-2)34(27)35-30-16-12-15-29(31-23(5)17-21(3)18-24(31)6)33(30)32-25(7)19-22(4)20-26(32)8/h11-20H,9-10H2,1-8H3. The summed E-state index contributed by atoms with van der Waals surface area (Å²) < 4.78 is 3.18. The first kappa shape index (κ1) is 25.5. The first-order chi connectivity index (χ1) is 16.7. The van der Waals surface area contributed by atoms with Gasteiger partial charge in [-0.1, -0.05) is 0 Å². The third-order valence-corrected chi connectivity index (χ3v) is 10.5. The van der Waals surface area contributed by atoms with Crippen LogP contribution in [0.1, 0.15) is 58.4 Å². The molecular weight excluding hydrogens is 481 g/mol. The summed E-state index contributed by atoms with van der Waals surface area (Å²) >= 11 is -0.522. The van der Waals surface area contributed by atoms with Crippen molar-refractivity contribution in [2.75, 3.05) is 0 Å². The quantitative estimate of drug-likeness (QED) is 0.230. The molecule has 0 N–H and O–H groups in total. The first-order valence-electron chi connectivity index (χ1n) is 12.9. The fraction of sp³-hybridized carbons (Fsp3) is 0.294. The molecule has 0 spiro atoms. The molecule has 0 heterocycles. The number of hydrogen-bond donors (Lipinski definition) is 0. The number of benzene rings is 4. The van der Waals surface area contributed by atoms with E-state index in [0.717, 1.165) is 12.8 Å². The van der Waals surface area contributed by atoms with Crippen molar-refractivity contribution in [3.63, 3.8) is 0 Å². The molecule has 2 radical (unpaired) electrons. The summed E-state index contributed by atoms with van der Waals surface area (Å²) in [6.07, 6.45) is 2.20. The van der Waals surface area contributed by atoms with Crippen LogP contribution in [0.4, 0.5) is 0 Å². The molecule has 178 valence electrons. The van der Waals surface area contributed by atoms with E-state index in [4.69, 9.17) is 0 Å². The van der Waals surface area contributed by atoms with Crippen LogP contribution in [-0.4, -0.2) is 15.4 Å². The van der Waals surface area contributed by atoms with Crippen molar-refractivity contribution in [1.29, 1.82) is 0 Å². The van der Waals surface area contributed by atoms with Crippen LogP contribution in [0.25, 0.3) is 22.3 Å². The van der Waals surface area contributed by atoms with Crippen molar-refractivity contribution in [2.45, 2.75) is 68.2 Å². The third kappa shape index (κ3) is 5.05. The van der Waals surface area contributed by atoms with Gasteiger partial charge in [0.25, 0.3) is 0 Å². The molecule has 4 rings (SSSR count). The van der Waals surface area contributed by atoms with Crippen LogP contribution in [0, 0.1) is 41.5 Å². The van der Waals surface area contributed by atoms with Gasteiger partial charge in [-0.05, 0) is 0 Å². The van der Waals surface area contributed by atoms with E-state index in [2.05, 4.69) is 116 Å². The van der Waals surface area contributed by atoms with Crippen molar-refractivity contribution >= 4 is 24.2 Å². The molecule has 0 amide bonds. The Balaban J connectivity index is 2.07. The zero-order valence-electron chi connectivity index (χ0n) is 22.7. The van der Waals surface area contributed by atoms with E-state index in [1.54, 1.807) is 8.79 Å². The summed E-state index contributed by atoms with van der Waals surface area (Å²) in [7, 11) is 0. The van der Waals surface area contributed by atoms with Crippen molar-refractivity contribution in [3.05, 3.63) is 105 Å². The Kier molecular flexibility index (Phi) is 7.71. The van der Waals surface area contributed by atoms with Crippen molar-refractivity contribution in [1.82, 2.24) is 0 Å². The molecule has 0 aliphatic heterocycles. The van der Waals surface area contributed by atoms with E-state index in [9.17, 15) is 0 Å². The van der Waals surface area contributed by atoms with Gasteiger partial charge in [-0.2, -0.15) is 0 Å². The molecule has 1 heteroatoms. The fourth-order valence-corrected chi connectivity index (χ4v) is 9.37. The fourth-order valence-electron chi connectivity index (χ4n) is 5.85. The monoisotopic (exact) mass is 520 g/mol. The van der Waals surface area contributed by atoms with Crippen LogP contribution in [0.15, 0.2) is 60.7 Å². The van der Waals surface area contributed by atoms with Gasteiger partial charge in [-0.3, -0.25) is 0 Å². The molecule has 0 aliphatic rings. The van der Waals surface area contributed by atoms with Gasteiger partial charge < -0.3 is 0 Å². The van der Waals surface area contributed by atoms with Crippen LogP contribution in [0.2, 0.25) is 0 Å². The Bertz CT molecular complexity index is 1320. The summed E-state index contributed by atoms with van der Waals surface area (Å²) in [5.41, 5.74) is 16.9. The SMILES string of the molecule is CCc1cccc(CC)[c]1[Ge][c]1cccc(-c2c(C)cc(C)cc2C)c1-c1c(C)cc(C)cc1C. The molecule has 4 aromatic rings. The first-order valence-corrected chi connectivity index (χ1v) is 15.0. The van der Waals surface area contributed by atoms with Crippen molar-refractivity contribution < 1.29 is 0 Å². The van der Waals surface area contributed by atoms with E-state index in [0.29, 0.717) is 0 Å². The number of rotatable bonds is 6. The average Bonchev–Trinajstić information content (AvgIpc) is 2.79. The normalized spacial score (nSPS) is 11.2. The molecule has 0 bridgehead atoms. The Morgan fingerprint density at radius 3 is 1.49 bits per heavy atom. The minimum atomic E-state index is -0.522. The van der Waals surface area contributed by atoms with Crippen LogP contribution in [0.5, 0.6) is 0 Å². The van der Waals surface area contributed by atoms with E-state index in [1.807, 2.05) is 0 Å². The molecule has 0 fully saturated rings. The molecule has 0 saturated carbocycles. The summed E-state index contributed by atoms with van der Waals surface area (Å²) in [5.74, 6) is 0. The van der Waals surface area contributed by atoms with Gasteiger partial charge >= 0.3 is 220 Å². The van der Waals surface area contributed by atoms with Crippen LogP contribution >= 0.6 is 0 Å². The molecule has 0 unspecified atom stereocenters. The predicted molar refractivity (Wildman–Crippen MR) is 156 cm³/mol. The van der Waals surface area contributed by atoms with E-state index in [-0.39, 0.29) is 0 Å². The van der Waals surface area contributed by atoms with Gasteiger partial charge in [-0.15, -0.1) is 0 Å². The van der Waals surface area contributed by atoms with Gasteiger partial charge in [0.05, 0.1) is 0 Å². The Hall–Kier alpha value is -2.58. The zero-order chi connectivity index (χ0) is 25.3. The Labute approximate surface area is 219 Å². The molecule has 0 atom stereocenters. The topological polar surface area (TPSA) is 0 Å². The summed E-state index contributed by atoms with van der Waals surface area (Å²) in [5, 5.41) is 0. The van der Waals surface area contributed by atoms with Crippen LogP contribution < -0.4 is 8.79 Å². The van der Waals surface area contributed by atoms with Crippen LogP contribution in [-0.2, 0) is 12.8 Å². The third-order valence-electron chi connectivity index (χ3n) is 7.20. The van der Waals surface area contributed by atoms with E-state index < -0.39 is 15.4 Å². The van der Waals surface area contributed by atoms with Crippen molar-refractivity contribution in [2.24, 2.45) is 0 Å². The molecule has 0 saturated heterocycles. The molecule has 0 aromatic heterocycles. The Morgan fingerprint density at radius 2 is 1.00 bits per heavy atom. The Morgan fingerprint density at radius 1 is 0.543 bits per heavy atom. The number of hydrogen-bond acceptors (Lipinski definition) is 0. The minimum absolute atomic E-state index is 0.522. The second kappa shape index (κ2) is 10.6. The summed E-state index contributed by atoms with van der Waals surface area (Å²) in [6.45, 7) is 18.2. The van der Waals surface area contributed by atoms with Gasteiger partial charge in [0.15, 0.2) is 0 Å². The van der Waals surface area contributed by atoms with Gasteiger partial charge in [0.1, 0.15) is 0 Å². The van der Waals surface area contributed by atoms with E-state index in [1.165, 1.54) is 66.8 Å². The molecule has 0 aliphatic carbocycles. The maximum absolute atomic E-state index is 2.42. The molecule has 0 nitrogen and oxygen atoms in total. The second-order valence-corrected chi connectivity index (χ2v) is 12.8. The van der Waals surface area contributed by atoms with Crippen molar-refractivity contribution in [3.8, 4) is 22.3 Å². The maximum atomic E-state index is 2.42. The molecule has 35 heavy (non-hydrogen) atoms. The molecular formula is C34H38Ge. The van der Waals surface area contributed by atoms with Gasteiger partial charge in [-0.25, -0.2) is 0 Å². The van der Waals surface area contributed by atoms with Gasteiger partial charge in [0.2, 0.25) is 0 Å². The average molecular weight is 519 g/mol. The summed E-state index contributed by atoms with van der Waals surface area (Å²) in [6, 6.07) is 23.4. The van der Waals surface area contributed by atoms with Gasteiger partial charge in [0, 0.05) is 0 Å². The zero-order valence-corrected chi connectivity index (χ0v) is 24.8.